The van der Waals surface area contributed by atoms with Crippen molar-refractivity contribution in [2.45, 2.75) is 16.7 Å². The fraction of sp³-hybridized carbons (Fsp3) is 0.0714. The number of rotatable bonds is 7. The van der Waals surface area contributed by atoms with E-state index in [0.29, 0.717) is 32.2 Å². The number of fused-ring (bicyclic) bond motifs is 2. The van der Waals surface area contributed by atoms with Crippen LogP contribution in [0.1, 0.15) is 5.56 Å². The van der Waals surface area contributed by atoms with E-state index in [1.165, 1.54) is 41.9 Å². The van der Waals surface area contributed by atoms with Crippen LogP contribution in [0.25, 0.3) is 41.6 Å². The zero-order valence-electron chi connectivity index (χ0n) is 22.5. The van der Waals surface area contributed by atoms with Crippen LogP contribution in [0.4, 0.5) is 5.69 Å². The van der Waals surface area contributed by atoms with E-state index in [9.17, 15) is 21.4 Å². The highest BCUT2D eigenvalue weighted by Crippen LogP contribution is 2.38. The van der Waals surface area contributed by atoms with Gasteiger partial charge in [0.25, 0.3) is 10.0 Å². The Morgan fingerprint density at radius 1 is 0.786 bits per heavy atom. The minimum absolute atomic E-state index is 0. The molecule has 0 saturated carbocycles. The first-order valence-corrected chi connectivity index (χ1v) is 16.6. The first-order chi connectivity index (χ1) is 19.5. The van der Waals surface area contributed by atoms with Crippen molar-refractivity contribution in [2.75, 3.05) is 11.8 Å². The molecule has 0 unspecified atom stereocenters. The lowest BCUT2D eigenvalue weighted by molar-refractivity contribution is 0.414. The van der Waals surface area contributed by atoms with Crippen LogP contribution in [-0.2, 0) is 20.1 Å². The third kappa shape index (κ3) is 5.60. The second-order valence-corrected chi connectivity index (χ2v) is 14.1. The Hall–Kier alpha value is -3.92. The number of quaternary nitrogens is 1. The van der Waals surface area contributed by atoms with Crippen LogP contribution in [0.2, 0.25) is 0 Å². The van der Waals surface area contributed by atoms with Crippen LogP contribution in [0, 0.1) is 6.92 Å². The molecule has 6 rings (SSSR count). The van der Waals surface area contributed by atoms with Crippen molar-refractivity contribution in [1.29, 1.82) is 0 Å². The fourth-order valence-electron chi connectivity index (χ4n) is 4.33. The maximum Gasteiger partial charge on any atom is 0.261 e. The molecule has 0 saturated heterocycles. The van der Waals surface area contributed by atoms with Gasteiger partial charge in [-0.15, -0.1) is 22.7 Å². The molecule has 0 fully saturated rings. The van der Waals surface area contributed by atoms with Crippen LogP contribution in [-0.4, -0.2) is 38.5 Å². The lowest BCUT2D eigenvalue weighted by atomic mass is 10.2. The number of nitrogens with one attached hydrogen (secondary N) is 1. The van der Waals surface area contributed by atoms with Crippen molar-refractivity contribution in [3.05, 3.63) is 84.4 Å². The first kappa shape index (κ1) is 29.6. The molecule has 4 aromatic carbocycles. The van der Waals surface area contributed by atoms with Gasteiger partial charge in [0, 0.05) is 16.8 Å². The maximum atomic E-state index is 12.8. The van der Waals surface area contributed by atoms with Gasteiger partial charge in [-0.25, -0.2) is 26.8 Å². The Morgan fingerprint density at radius 2 is 1.40 bits per heavy atom. The molecule has 42 heavy (non-hydrogen) atoms. The summed E-state index contributed by atoms with van der Waals surface area (Å²) in [5.74, 6) is 0.565. The molecule has 0 aliphatic heterocycles. The van der Waals surface area contributed by atoms with Crippen LogP contribution in [0.5, 0.6) is 5.75 Å². The van der Waals surface area contributed by atoms with E-state index in [-0.39, 0.29) is 15.9 Å². The Labute approximate surface area is 250 Å². The van der Waals surface area contributed by atoms with Crippen molar-refractivity contribution in [3.63, 3.8) is 0 Å². The monoisotopic (exact) mass is 640 g/mol. The standard InChI is InChI=1S/C28H21N3O6S4.H3N/c1-16-3-13-23-25(26(16)41(34,35)36)39-28(30-23)18-6-14-22-24(15-18)38-27(29-22)17-4-7-19(8-5-17)31-40(32,33)21-11-9-20(37-2)10-12-21;/h3-15,31H,1-2H3,(H,34,35,36);1H3. The molecule has 0 aliphatic carbocycles. The molecule has 0 amide bonds. The summed E-state index contributed by atoms with van der Waals surface area (Å²) >= 11 is 2.63. The molecule has 0 aliphatic rings. The molecule has 0 spiro atoms. The third-order valence-electron chi connectivity index (χ3n) is 6.35. The number of methoxy groups -OCH3 is 1. The molecule has 2 heterocycles. The molecule has 0 atom stereocenters. The first-order valence-electron chi connectivity index (χ1n) is 12.1. The zero-order chi connectivity index (χ0) is 28.9. The fourth-order valence-corrected chi connectivity index (χ4v) is 8.68. The van der Waals surface area contributed by atoms with Gasteiger partial charge < -0.3 is 15.4 Å². The van der Waals surface area contributed by atoms with Crippen molar-refractivity contribution in [3.8, 4) is 26.9 Å². The number of hydrogen-bond acceptors (Lipinski definition) is 10. The van der Waals surface area contributed by atoms with Gasteiger partial charge in [-0.05, 0) is 85.3 Å². The average Bonchev–Trinajstić information content (AvgIpc) is 3.56. The second kappa shape index (κ2) is 11.1. The quantitative estimate of drug-likeness (QED) is 0.183. The smallest absolute Gasteiger partial charge is 0.261 e. The number of ether oxygens (including phenoxy) is 1. The van der Waals surface area contributed by atoms with Crippen LogP contribution in [0.15, 0.2) is 88.7 Å². The van der Waals surface area contributed by atoms with E-state index in [1.54, 1.807) is 55.5 Å². The van der Waals surface area contributed by atoms with E-state index in [0.717, 1.165) is 26.4 Å². The van der Waals surface area contributed by atoms with Crippen molar-refractivity contribution < 1.29 is 26.1 Å². The number of anilines is 1. The number of aromatic nitrogens is 2. The Bertz CT molecular complexity index is 2160. The highest BCUT2D eigenvalue weighted by Gasteiger charge is 2.18. The van der Waals surface area contributed by atoms with Gasteiger partial charge in [0.05, 0.1) is 37.3 Å². The minimum atomic E-state index is -4.65. The van der Waals surface area contributed by atoms with Crippen molar-refractivity contribution >= 4 is 68.9 Å². The lowest BCUT2D eigenvalue weighted by Gasteiger charge is -2.10. The second-order valence-electron chi connectivity index (χ2n) is 9.09. The van der Waals surface area contributed by atoms with E-state index in [2.05, 4.69) is 9.71 Å². The summed E-state index contributed by atoms with van der Waals surface area (Å²) in [6.07, 6.45) is 0. The van der Waals surface area contributed by atoms with Gasteiger partial charge in [0.2, 0.25) is 0 Å². The predicted molar refractivity (Wildman–Crippen MR) is 166 cm³/mol. The van der Waals surface area contributed by atoms with Crippen LogP contribution in [0.3, 0.4) is 0 Å². The lowest BCUT2D eigenvalue weighted by Crippen LogP contribution is -2.12. The third-order valence-corrected chi connectivity index (χ3v) is 11.1. The molecule has 0 bridgehead atoms. The molecule has 2 aromatic heterocycles. The van der Waals surface area contributed by atoms with Gasteiger partial charge in [-0.2, -0.15) is 0 Å². The zero-order valence-corrected chi connectivity index (χ0v) is 25.7. The average molecular weight is 641 g/mol. The van der Waals surface area contributed by atoms with E-state index in [4.69, 9.17) is 9.72 Å². The van der Waals surface area contributed by atoms with Gasteiger partial charge in [-0.3, -0.25) is 4.72 Å². The molecular weight excluding hydrogens is 617 g/mol. The topological polar surface area (TPSA) is 175 Å². The summed E-state index contributed by atoms with van der Waals surface area (Å²) in [5.41, 5.74) is 3.64. The number of aryl methyl sites for hydroxylation is 1. The number of hydrogen-bond donors (Lipinski definition) is 2. The molecule has 14 heteroatoms. The van der Waals surface area contributed by atoms with Gasteiger partial charge in [0.15, 0.2) is 0 Å². The van der Waals surface area contributed by atoms with E-state index >= 15 is 0 Å². The van der Waals surface area contributed by atoms with Crippen molar-refractivity contribution in [1.82, 2.24) is 16.1 Å². The minimum Gasteiger partial charge on any atom is -0.744 e. The summed E-state index contributed by atoms with van der Waals surface area (Å²) < 4.78 is 70.1. The largest absolute Gasteiger partial charge is 0.744 e. The maximum absolute atomic E-state index is 12.8. The highest BCUT2D eigenvalue weighted by atomic mass is 32.2. The summed E-state index contributed by atoms with van der Waals surface area (Å²) in [4.78, 5) is 9.19. The molecule has 216 valence electrons. The number of benzene rings is 4. The molecule has 0 radical (unpaired) electrons. The van der Waals surface area contributed by atoms with Gasteiger partial charge >= 0.3 is 0 Å². The summed E-state index contributed by atoms with van der Waals surface area (Å²) in [5, 5.41) is 1.35. The highest BCUT2D eigenvalue weighted by molar-refractivity contribution is 7.92. The van der Waals surface area contributed by atoms with Gasteiger partial charge in [-0.1, -0.05) is 6.07 Å². The molecular formula is C28H24N4O6S4. The molecule has 5 N–H and O–H groups in total. The van der Waals surface area contributed by atoms with Gasteiger partial charge in [0.1, 0.15) is 25.9 Å². The van der Waals surface area contributed by atoms with E-state index < -0.39 is 20.1 Å². The normalized spacial score (nSPS) is 11.9. The summed E-state index contributed by atoms with van der Waals surface area (Å²) in [6, 6.07) is 22.0. The number of thiazole rings is 2. The Balaban J connectivity index is 0.00000353. The van der Waals surface area contributed by atoms with Crippen molar-refractivity contribution in [2.24, 2.45) is 0 Å². The molecule has 6 aromatic rings. The summed E-state index contributed by atoms with van der Waals surface area (Å²) in [7, 11) is -6.90. The van der Waals surface area contributed by atoms with E-state index in [1.807, 2.05) is 18.2 Å². The number of sulfonamides is 1. The predicted octanol–water partition coefficient (Wildman–Crippen LogP) is 6.64. The number of nitrogens with zero attached hydrogens (tertiary/aromatic N) is 2. The SMILES string of the molecule is COc1ccc(S(=O)(=O)Nc2ccc(-c3nc4ccc(-c5nc6ccc(C)c(S(=O)(=O)[O-])c6s5)cc4s3)cc2)cc1.[NH4+]. The Kier molecular flexibility index (Phi) is 7.78. The summed E-state index contributed by atoms with van der Waals surface area (Å²) in [6.45, 7) is 1.59. The van der Waals surface area contributed by atoms with Crippen LogP contribution >= 0.6 is 22.7 Å². The molecule has 10 nitrogen and oxygen atoms in total. The van der Waals surface area contributed by atoms with Crippen LogP contribution < -0.4 is 15.6 Å². The Morgan fingerprint density at radius 3 is 2.07 bits per heavy atom.